The molecule has 0 radical (unpaired) electrons. The Labute approximate surface area is 209 Å². The number of carbonyl (C=O) groups excluding carboxylic acids is 2. The van der Waals surface area contributed by atoms with Crippen molar-refractivity contribution >= 4 is 23.2 Å². The van der Waals surface area contributed by atoms with Crippen LogP contribution in [0.3, 0.4) is 0 Å². The second-order valence-corrected chi connectivity index (χ2v) is 9.49. The number of aromatic nitrogens is 2. The zero-order valence-electron chi connectivity index (χ0n) is 21.3. The maximum Gasteiger partial charge on any atom is 0.313 e. The fourth-order valence-electron chi connectivity index (χ4n) is 4.96. The lowest BCUT2D eigenvalue weighted by Gasteiger charge is -2.24. The van der Waals surface area contributed by atoms with Crippen molar-refractivity contribution in [3.63, 3.8) is 0 Å². The first-order valence-corrected chi connectivity index (χ1v) is 12.1. The molecular weight excluding hydrogens is 460 g/mol. The van der Waals surface area contributed by atoms with Gasteiger partial charge >= 0.3 is 5.97 Å². The van der Waals surface area contributed by atoms with E-state index < -0.39 is 11.5 Å². The third-order valence-corrected chi connectivity index (χ3v) is 6.61. The van der Waals surface area contributed by atoms with Gasteiger partial charge in [0.15, 0.2) is 11.9 Å². The summed E-state index contributed by atoms with van der Waals surface area (Å²) in [5, 5.41) is 0.950. The largest absolute Gasteiger partial charge is 0.480 e. The summed E-state index contributed by atoms with van der Waals surface area (Å²) < 4.78 is 12.9. The standard InChI is InChI=1S/C26H26N2O5.CH6N2/c1-5-15-18-9-14(33-26(3,4)13-29)7-8-21(18)27-23-19(15)11-28-22(23)10-17-16(6-2)25(31)32-12-20(17)24(28)30;1-3-2/h7-10,13,16H,5-6,11-12H2,1-4H3;3H,2H2,1H3. The number of hydrazine groups is 1. The van der Waals surface area contributed by atoms with Gasteiger partial charge in [0, 0.05) is 10.9 Å². The summed E-state index contributed by atoms with van der Waals surface area (Å²) in [7, 11) is 1.65. The first-order chi connectivity index (χ1) is 17.2. The number of benzene rings is 1. The Balaban J connectivity index is 0.000000967. The van der Waals surface area contributed by atoms with Gasteiger partial charge in [-0.25, -0.2) is 4.98 Å². The maximum atomic E-state index is 13.4. The van der Waals surface area contributed by atoms with Crippen molar-refractivity contribution in [2.45, 2.75) is 65.2 Å². The molecule has 5 rings (SSSR count). The molecule has 2 aliphatic rings. The molecule has 0 amide bonds. The predicted molar refractivity (Wildman–Crippen MR) is 137 cm³/mol. The van der Waals surface area contributed by atoms with E-state index in [1.54, 1.807) is 25.5 Å². The van der Waals surface area contributed by atoms with Gasteiger partial charge in [-0.2, -0.15) is 0 Å². The number of hydrogen-bond acceptors (Lipinski definition) is 8. The number of ether oxygens (including phenoxy) is 2. The molecule has 1 aromatic carbocycles. The normalized spacial score (nSPS) is 15.8. The quantitative estimate of drug-likeness (QED) is 0.189. The summed E-state index contributed by atoms with van der Waals surface area (Å²) in [5.41, 5.74) is 6.98. The minimum atomic E-state index is -0.928. The number of rotatable bonds is 5. The third-order valence-electron chi connectivity index (χ3n) is 6.61. The van der Waals surface area contributed by atoms with E-state index in [4.69, 9.17) is 14.5 Å². The molecule has 36 heavy (non-hydrogen) atoms. The van der Waals surface area contributed by atoms with Crippen LogP contribution in [0.15, 0.2) is 29.1 Å². The van der Waals surface area contributed by atoms with Gasteiger partial charge in [0.1, 0.15) is 12.4 Å². The van der Waals surface area contributed by atoms with Crippen LogP contribution in [0.25, 0.3) is 22.3 Å². The van der Waals surface area contributed by atoms with Crippen LogP contribution < -0.4 is 21.6 Å². The summed E-state index contributed by atoms with van der Waals surface area (Å²) in [6.45, 7) is 7.88. The van der Waals surface area contributed by atoms with E-state index in [1.807, 2.05) is 31.2 Å². The minimum Gasteiger partial charge on any atom is -0.480 e. The number of fused-ring (bicyclic) bond motifs is 5. The predicted octanol–water partition coefficient (Wildman–Crippen LogP) is 2.97. The highest BCUT2D eigenvalue weighted by Crippen LogP contribution is 2.39. The fourth-order valence-corrected chi connectivity index (χ4v) is 4.96. The number of nitrogens with two attached hydrogens (primary N) is 1. The van der Waals surface area contributed by atoms with Gasteiger partial charge in [-0.1, -0.05) is 13.8 Å². The van der Waals surface area contributed by atoms with E-state index in [9.17, 15) is 14.4 Å². The smallest absolute Gasteiger partial charge is 0.313 e. The van der Waals surface area contributed by atoms with Crippen molar-refractivity contribution < 1.29 is 19.1 Å². The van der Waals surface area contributed by atoms with E-state index in [0.717, 1.165) is 51.7 Å². The van der Waals surface area contributed by atoms with Crippen LogP contribution in [0, 0.1) is 0 Å². The van der Waals surface area contributed by atoms with Gasteiger partial charge in [0.25, 0.3) is 5.56 Å². The van der Waals surface area contributed by atoms with Crippen LogP contribution in [-0.4, -0.2) is 34.5 Å². The zero-order valence-corrected chi connectivity index (χ0v) is 21.3. The zero-order chi connectivity index (χ0) is 26.2. The number of nitrogens with zero attached hydrogens (tertiary/aromatic N) is 2. The van der Waals surface area contributed by atoms with Crippen LogP contribution in [0.4, 0.5) is 0 Å². The van der Waals surface area contributed by atoms with E-state index in [1.165, 1.54) is 0 Å². The topological polar surface area (TPSA) is 126 Å². The van der Waals surface area contributed by atoms with Crippen LogP contribution in [-0.2, 0) is 33.9 Å². The Hall–Kier alpha value is -3.56. The van der Waals surface area contributed by atoms with Crippen LogP contribution in [0.1, 0.15) is 62.3 Å². The number of nitrogens with one attached hydrogen (secondary N) is 1. The Morgan fingerprint density at radius 1 is 1.25 bits per heavy atom. The highest BCUT2D eigenvalue weighted by atomic mass is 16.5. The monoisotopic (exact) mass is 492 g/mol. The number of cyclic esters (lactones) is 1. The molecule has 4 heterocycles. The Bertz CT molecular complexity index is 1410. The number of hydrogen-bond donors (Lipinski definition) is 2. The van der Waals surface area contributed by atoms with Gasteiger partial charge in [0.2, 0.25) is 0 Å². The van der Waals surface area contributed by atoms with Crippen molar-refractivity contribution in [1.82, 2.24) is 15.0 Å². The van der Waals surface area contributed by atoms with E-state index in [0.29, 0.717) is 24.3 Å². The van der Waals surface area contributed by atoms with Crippen LogP contribution in [0.5, 0.6) is 5.75 Å². The first-order valence-electron chi connectivity index (χ1n) is 12.1. The van der Waals surface area contributed by atoms with Crippen molar-refractivity contribution in [3.8, 4) is 17.1 Å². The number of pyridine rings is 2. The second kappa shape index (κ2) is 9.83. The molecule has 0 saturated carbocycles. The molecular formula is C27H32N4O5. The maximum absolute atomic E-state index is 13.4. The van der Waals surface area contributed by atoms with Gasteiger partial charge in [0.05, 0.1) is 34.9 Å². The molecule has 190 valence electrons. The second-order valence-electron chi connectivity index (χ2n) is 9.49. The van der Waals surface area contributed by atoms with Crippen LogP contribution >= 0.6 is 0 Å². The molecule has 1 unspecified atom stereocenters. The van der Waals surface area contributed by atoms with Gasteiger partial charge in [-0.15, -0.1) is 0 Å². The molecule has 3 aromatic rings. The fraction of sp³-hybridized carbons (Fsp3) is 0.407. The average Bonchev–Trinajstić information content (AvgIpc) is 3.21. The highest BCUT2D eigenvalue weighted by Gasteiger charge is 2.34. The molecule has 3 N–H and O–H groups in total. The first kappa shape index (κ1) is 25.5. The summed E-state index contributed by atoms with van der Waals surface area (Å²) >= 11 is 0. The number of aldehydes is 1. The van der Waals surface area contributed by atoms with E-state index in [-0.39, 0.29) is 18.1 Å². The molecule has 0 fully saturated rings. The Kier molecular flexibility index (Phi) is 6.97. The molecule has 0 saturated heterocycles. The van der Waals surface area contributed by atoms with Crippen molar-refractivity contribution in [2.24, 2.45) is 5.84 Å². The molecule has 2 aliphatic heterocycles. The van der Waals surface area contributed by atoms with Gasteiger partial charge < -0.3 is 14.0 Å². The number of esters is 1. The molecule has 1 atom stereocenters. The van der Waals surface area contributed by atoms with Gasteiger partial charge in [-0.3, -0.25) is 25.7 Å². The summed E-state index contributed by atoms with van der Waals surface area (Å²) in [5.74, 6) is 4.49. The molecule has 2 aromatic heterocycles. The van der Waals surface area contributed by atoms with E-state index >= 15 is 0 Å². The molecule has 9 heteroatoms. The highest BCUT2D eigenvalue weighted by molar-refractivity contribution is 5.89. The van der Waals surface area contributed by atoms with Crippen molar-refractivity contribution in [1.29, 1.82) is 0 Å². The number of aryl methyl sites for hydroxylation is 1. The SMILES string of the molecule is CCc1c2c(nc3ccc(OC(C)(C)C=O)cc13)-c1cc3c(c(=O)n1C2)COC(=O)C3CC.CNN. The van der Waals surface area contributed by atoms with Gasteiger partial charge in [-0.05, 0) is 69.1 Å². The summed E-state index contributed by atoms with van der Waals surface area (Å²) in [4.78, 5) is 41.9. The lowest BCUT2D eigenvalue weighted by Crippen LogP contribution is -2.32. The average molecular weight is 493 g/mol. The Morgan fingerprint density at radius 3 is 2.61 bits per heavy atom. The molecule has 9 nitrogen and oxygen atoms in total. The third kappa shape index (κ3) is 4.29. The molecule has 0 bridgehead atoms. The molecule has 0 spiro atoms. The minimum absolute atomic E-state index is 0.0172. The van der Waals surface area contributed by atoms with E-state index in [2.05, 4.69) is 18.2 Å². The van der Waals surface area contributed by atoms with Crippen molar-refractivity contribution in [2.75, 3.05) is 7.05 Å². The van der Waals surface area contributed by atoms with Crippen molar-refractivity contribution in [3.05, 3.63) is 56.9 Å². The Morgan fingerprint density at radius 2 is 1.97 bits per heavy atom. The summed E-state index contributed by atoms with van der Waals surface area (Å²) in [6.07, 6.45) is 2.11. The lowest BCUT2D eigenvalue weighted by molar-refractivity contribution is -0.148. The molecule has 0 aliphatic carbocycles. The summed E-state index contributed by atoms with van der Waals surface area (Å²) in [6, 6.07) is 7.57. The number of carbonyl (C=O) groups is 2. The van der Waals surface area contributed by atoms with Crippen LogP contribution in [0.2, 0.25) is 0 Å². The lowest BCUT2D eigenvalue weighted by atomic mass is 9.90.